The molecule has 1 amide bonds. The predicted molar refractivity (Wildman–Crippen MR) is 71.9 cm³/mol. The van der Waals surface area contributed by atoms with Gasteiger partial charge in [0.1, 0.15) is 16.8 Å². The van der Waals surface area contributed by atoms with Crippen molar-refractivity contribution in [2.75, 3.05) is 12.3 Å². The first-order valence-corrected chi connectivity index (χ1v) is 7.62. The number of hydrogen-bond donors (Lipinski definition) is 2. The van der Waals surface area contributed by atoms with Crippen LogP contribution in [0.25, 0.3) is 0 Å². The first kappa shape index (κ1) is 15.0. The second-order valence-corrected chi connectivity index (χ2v) is 6.75. The van der Waals surface area contributed by atoms with E-state index in [2.05, 4.69) is 0 Å². The van der Waals surface area contributed by atoms with Crippen LogP contribution in [0.15, 0.2) is 17.0 Å². The maximum absolute atomic E-state index is 13.2. The van der Waals surface area contributed by atoms with Gasteiger partial charge in [0.25, 0.3) is 0 Å². The number of sulfonamides is 1. The molecule has 1 aromatic carbocycles. The van der Waals surface area contributed by atoms with Gasteiger partial charge in [-0.05, 0) is 25.0 Å². The Kier molecular flexibility index (Phi) is 3.90. The molecule has 4 N–H and O–H groups in total. The summed E-state index contributed by atoms with van der Waals surface area (Å²) in [6.45, 7) is 0.156. The summed E-state index contributed by atoms with van der Waals surface area (Å²) in [5, 5.41) is -0.285. The lowest BCUT2D eigenvalue weighted by atomic mass is 10.2. The Morgan fingerprint density at radius 1 is 1.45 bits per heavy atom. The molecule has 0 aliphatic carbocycles. The van der Waals surface area contributed by atoms with Gasteiger partial charge >= 0.3 is 0 Å². The molecule has 0 bridgehead atoms. The molecule has 0 radical (unpaired) electrons. The van der Waals surface area contributed by atoms with Crippen LogP contribution in [0, 0.1) is 5.82 Å². The van der Waals surface area contributed by atoms with E-state index in [9.17, 15) is 17.6 Å². The summed E-state index contributed by atoms with van der Waals surface area (Å²) in [5.74, 6) is -1.53. The fraction of sp³-hybridized carbons (Fsp3) is 0.364. The molecule has 1 unspecified atom stereocenters. The highest BCUT2D eigenvalue weighted by Gasteiger charge is 2.39. The van der Waals surface area contributed by atoms with Crippen molar-refractivity contribution >= 4 is 33.2 Å². The number of primary amides is 1. The van der Waals surface area contributed by atoms with E-state index >= 15 is 0 Å². The van der Waals surface area contributed by atoms with E-state index in [0.717, 1.165) is 16.4 Å². The van der Waals surface area contributed by atoms with Crippen molar-refractivity contribution in [3.8, 4) is 0 Å². The van der Waals surface area contributed by atoms with E-state index in [0.29, 0.717) is 12.8 Å². The molecule has 1 saturated heterocycles. The van der Waals surface area contributed by atoms with Gasteiger partial charge in [-0.2, -0.15) is 4.31 Å². The predicted octanol–water partition coefficient (Wildman–Crippen LogP) is 0.700. The van der Waals surface area contributed by atoms with Gasteiger partial charge in [0, 0.05) is 6.54 Å². The Hall–Kier alpha value is -1.38. The second-order valence-electron chi connectivity index (χ2n) is 4.48. The first-order chi connectivity index (χ1) is 9.25. The van der Waals surface area contributed by atoms with Gasteiger partial charge in [0.2, 0.25) is 15.9 Å². The number of nitrogens with zero attached hydrogens (tertiary/aromatic N) is 1. The van der Waals surface area contributed by atoms with Crippen LogP contribution in [0.3, 0.4) is 0 Å². The minimum Gasteiger partial charge on any atom is -0.396 e. The highest BCUT2D eigenvalue weighted by Crippen LogP contribution is 2.32. The van der Waals surface area contributed by atoms with Crippen LogP contribution >= 0.6 is 11.6 Å². The molecule has 6 nitrogen and oxygen atoms in total. The zero-order chi connectivity index (χ0) is 15.1. The van der Waals surface area contributed by atoms with E-state index in [1.807, 2.05) is 0 Å². The molecule has 2 rings (SSSR count). The van der Waals surface area contributed by atoms with E-state index < -0.39 is 27.8 Å². The van der Waals surface area contributed by atoms with Gasteiger partial charge in [-0.15, -0.1) is 0 Å². The molecule has 1 aliphatic heterocycles. The summed E-state index contributed by atoms with van der Waals surface area (Å²) in [4.78, 5) is 11.0. The zero-order valence-corrected chi connectivity index (χ0v) is 11.9. The van der Waals surface area contributed by atoms with Gasteiger partial charge in [0.15, 0.2) is 0 Å². The summed E-state index contributed by atoms with van der Waals surface area (Å²) >= 11 is 5.77. The molecule has 110 valence electrons. The first-order valence-electron chi connectivity index (χ1n) is 5.81. The Bertz CT molecular complexity index is 665. The third-order valence-electron chi connectivity index (χ3n) is 3.17. The minimum atomic E-state index is -4.05. The van der Waals surface area contributed by atoms with E-state index in [1.54, 1.807) is 0 Å². The molecule has 1 aliphatic rings. The van der Waals surface area contributed by atoms with Crippen LogP contribution in [0.2, 0.25) is 5.02 Å². The maximum Gasteiger partial charge on any atom is 0.245 e. The van der Waals surface area contributed by atoms with Gasteiger partial charge in [0.05, 0.1) is 10.7 Å². The van der Waals surface area contributed by atoms with Crippen LogP contribution in [0.4, 0.5) is 10.1 Å². The van der Waals surface area contributed by atoms with E-state index in [4.69, 9.17) is 23.1 Å². The zero-order valence-electron chi connectivity index (χ0n) is 10.3. The van der Waals surface area contributed by atoms with E-state index in [1.165, 1.54) is 0 Å². The Labute approximate surface area is 120 Å². The molecule has 1 atom stereocenters. The van der Waals surface area contributed by atoms with Crippen molar-refractivity contribution in [2.45, 2.75) is 23.8 Å². The number of nitrogen functional groups attached to an aromatic ring is 1. The summed E-state index contributed by atoms with van der Waals surface area (Å²) in [6, 6.07) is 0.866. The molecule has 0 spiro atoms. The fourth-order valence-electron chi connectivity index (χ4n) is 2.18. The smallest absolute Gasteiger partial charge is 0.245 e. The SMILES string of the molecule is NC(=O)C1CCCN1S(=O)(=O)c1cc(N)c(F)cc1Cl. The summed E-state index contributed by atoms with van der Waals surface area (Å²) in [6.07, 6.45) is 0.865. The lowest BCUT2D eigenvalue weighted by molar-refractivity contribution is -0.121. The van der Waals surface area contributed by atoms with Crippen LogP contribution in [-0.4, -0.2) is 31.2 Å². The molecule has 0 aromatic heterocycles. The monoisotopic (exact) mass is 321 g/mol. The Morgan fingerprint density at radius 3 is 2.70 bits per heavy atom. The lowest BCUT2D eigenvalue weighted by Gasteiger charge is -2.22. The number of nitrogens with two attached hydrogens (primary N) is 2. The third kappa shape index (κ3) is 2.46. The van der Waals surface area contributed by atoms with Gasteiger partial charge in [-0.25, -0.2) is 12.8 Å². The number of carbonyl (C=O) groups excluding carboxylic acids is 1. The van der Waals surface area contributed by atoms with Crippen LogP contribution in [0.5, 0.6) is 0 Å². The van der Waals surface area contributed by atoms with Crippen LogP contribution < -0.4 is 11.5 Å². The number of hydrogen-bond acceptors (Lipinski definition) is 4. The van der Waals surface area contributed by atoms with Gasteiger partial charge in [-0.3, -0.25) is 4.79 Å². The summed E-state index contributed by atoms with van der Waals surface area (Å²) < 4.78 is 39.2. The average Bonchev–Trinajstić information content (AvgIpc) is 2.83. The standard InChI is InChI=1S/C11H13ClFN3O3S/c12-6-4-7(13)8(14)5-10(6)20(18,19)16-3-1-2-9(16)11(15)17/h4-5,9H,1-3,14H2,(H2,15,17). The fourth-order valence-corrected chi connectivity index (χ4v) is 4.37. The number of benzene rings is 1. The molecule has 0 saturated carbocycles. The van der Waals surface area contributed by atoms with E-state index in [-0.39, 0.29) is 22.2 Å². The maximum atomic E-state index is 13.2. The lowest BCUT2D eigenvalue weighted by Crippen LogP contribution is -2.43. The topological polar surface area (TPSA) is 106 Å². The normalized spacial score (nSPS) is 20.2. The molecule has 1 heterocycles. The largest absolute Gasteiger partial charge is 0.396 e. The molecule has 1 fully saturated rings. The molecule has 9 heteroatoms. The molecule has 20 heavy (non-hydrogen) atoms. The summed E-state index contributed by atoms with van der Waals surface area (Å²) in [7, 11) is -4.05. The van der Waals surface area contributed by atoms with Crippen LogP contribution in [-0.2, 0) is 14.8 Å². The van der Waals surface area contributed by atoms with Crippen molar-refractivity contribution in [3.63, 3.8) is 0 Å². The number of anilines is 1. The third-order valence-corrected chi connectivity index (χ3v) is 5.54. The van der Waals surface area contributed by atoms with Gasteiger partial charge < -0.3 is 11.5 Å². The highest BCUT2D eigenvalue weighted by atomic mass is 35.5. The Morgan fingerprint density at radius 2 is 2.10 bits per heavy atom. The molecule has 1 aromatic rings. The van der Waals surface area contributed by atoms with Crippen molar-refractivity contribution in [1.82, 2.24) is 4.31 Å². The van der Waals surface area contributed by atoms with Gasteiger partial charge in [-0.1, -0.05) is 11.6 Å². The number of halogens is 2. The second kappa shape index (κ2) is 5.19. The quantitative estimate of drug-likeness (QED) is 0.799. The number of carbonyl (C=O) groups is 1. The molecular formula is C11H13ClFN3O3S. The van der Waals surface area contributed by atoms with Crippen molar-refractivity contribution in [2.24, 2.45) is 5.73 Å². The Balaban J connectivity index is 2.50. The van der Waals surface area contributed by atoms with Crippen molar-refractivity contribution in [1.29, 1.82) is 0 Å². The van der Waals surface area contributed by atoms with Crippen LogP contribution in [0.1, 0.15) is 12.8 Å². The number of rotatable bonds is 3. The minimum absolute atomic E-state index is 0.156. The average molecular weight is 322 g/mol. The van der Waals surface area contributed by atoms with Crippen molar-refractivity contribution in [3.05, 3.63) is 23.0 Å². The highest BCUT2D eigenvalue weighted by molar-refractivity contribution is 7.89. The molecular weight excluding hydrogens is 309 g/mol. The number of amides is 1. The summed E-state index contributed by atoms with van der Waals surface area (Å²) in [5.41, 5.74) is 10.2. The van der Waals surface area contributed by atoms with Crippen molar-refractivity contribution < 1.29 is 17.6 Å².